The first-order valence-corrected chi connectivity index (χ1v) is 8.08. The second kappa shape index (κ2) is 5.63. The second-order valence-electron chi connectivity index (χ2n) is 4.69. The Bertz CT molecular complexity index is 699. The van der Waals surface area contributed by atoms with Crippen molar-refractivity contribution in [2.24, 2.45) is 0 Å². The molecule has 0 saturated carbocycles. The Labute approximate surface area is 118 Å². The van der Waals surface area contributed by atoms with E-state index in [1.165, 1.54) is 12.1 Å². The van der Waals surface area contributed by atoms with Crippen molar-refractivity contribution < 1.29 is 12.8 Å². The maximum atomic E-state index is 13.9. The topological polar surface area (TPSA) is 46.2 Å². The molecule has 0 saturated heterocycles. The van der Waals surface area contributed by atoms with Crippen LogP contribution in [0.25, 0.3) is 0 Å². The molecule has 3 nitrogen and oxygen atoms in total. The van der Waals surface area contributed by atoms with Crippen molar-refractivity contribution in [1.29, 1.82) is 0 Å². The Kier molecular flexibility index (Phi) is 4.09. The number of halogens is 1. The lowest BCUT2D eigenvalue weighted by molar-refractivity contribution is 0.596. The summed E-state index contributed by atoms with van der Waals surface area (Å²) in [5, 5.41) is 3.04. The molecule has 106 valence electrons. The quantitative estimate of drug-likeness (QED) is 0.939. The Morgan fingerprint density at radius 2 is 1.75 bits per heavy atom. The molecule has 5 heteroatoms. The van der Waals surface area contributed by atoms with Crippen LogP contribution in [0.3, 0.4) is 0 Å². The van der Waals surface area contributed by atoms with Crippen molar-refractivity contribution >= 4 is 15.5 Å². The summed E-state index contributed by atoms with van der Waals surface area (Å²) in [5.74, 6) is -0.573. The lowest BCUT2D eigenvalue weighted by atomic mass is 10.1. The van der Waals surface area contributed by atoms with Gasteiger partial charge in [-0.05, 0) is 30.7 Å². The molecule has 0 bridgehead atoms. The molecular weight excluding hydrogens is 277 g/mol. The number of benzene rings is 2. The first-order valence-electron chi connectivity index (χ1n) is 6.19. The minimum atomic E-state index is -3.39. The molecular formula is C15H16FNO2S. The monoisotopic (exact) mass is 293 g/mol. The molecule has 1 atom stereocenters. The van der Waals surface area contributed by atoms with Gasteiger partial charge >= 0.3 is 0 Å². The van der Waals surface area contributed by atoms with E-state index >= 15 is 0 Å². The van der Waals surface area contributed by atoms with E-state index in [9.17, 15) is 12.8 Å². The molecule has 2 aromatic rings. The summed E-state index contributed by atoms with van der Waals surface area (Å²) in [5.41, 5.74) is 1.31. The standard InChI is InChI=1S/C15H16FNO2S/c1-11(12-6-4-3-5-7-12)17-15-9-8-13(10-14(15)16)20(2,18)19/h3-11,17H,1-2H3. The normalized spacial score (nSPS) is 12.9. The van der Waals surface area contributed by atoms with E-state index in [-0.39, 0.29) is 16.6 Å². The van der Waals surface area contributed by atoms with E-state index in [4.69, 9.17) is 0 Å². The number of anilines is 1. The fourth-order valence-electron chi connectivity index (χ4n) is 1.90. The summed E-state index contributed by atoms with van der Waals surface area (Å²) in [4.78, 5) is -0.0204. The number of hydrogen-bond donors (Lipinski definition) is 1. The summed E-state index contributed by atoms with van der Waals surface area (Å²) in [6, 6.07) is 13.4. The van der Waals surface area contributed by atoms with E-state index in [0.717, 1.165) is 17.9 Å². The van der Waals surface area contributed by atoms with Gasteiger partial charge in [0.05, 0.1) is 10.6 Å². The van der Waals surface area contributed by atoms with Gasteiger partial charge < -0.3 is 5.32 Å². The molecule has 0 heterocycles. The van der Waals surface area contributed by atoms with Crippen LogP contribution in [0.5, 0.6) is 0 Å². The average molecular weight is 293 g/mol. The molecule has 0 aromatic heterocycles. The van der Waals surface area contributed by atoms with Crippen LogP contribution in [-0.2, 0) is 9.84 Å². The minimum Gasteiger partial charge on any atom is -0.376 e. The highest BCUT2D eigenvalue weighted by Crippen LogP contribution is 2.23. The molecule has 0 amide bonds. The van der Waals surface area contributed by atoms with E-state index < -0.39 is 15.7 Å². The van der Waals surface area contributed by atoms with Crippen LogP contribution in [0.1, 0.15) is 18.5 Å². The van der Waals surface area contributed by atoms with Crippen molar-refractivity contribution in [2.45, 2.75) is 17.9 Å². The predicted octanol–water partition coefficient (Wildman–Crippen LogP) is 3.40. The molecule has 0 fully saturated rings. The molecule has 0 spiro atoms. The number of nitrogens with one attached hydrogen (secondary N) is 1. The molecule has 0 radical (unpaired) electrons. The summed E-state index contributed by atoms with van der Waals surface area (Å²) >= 11 is 0. The third-order valence-corrected chi connectivity index (χ3v) is 4.15. The van der Waals surface area contributed by atoms with Crippen molar-refractivity contribution in [2.75, 3.05) is 11.6 Å². The van der Waals surface area contributed by atoms with Gasteiger partial charge in [-0.1, -0.05) is 30.3 Å². The summed E-state index contributed by atoms with van der Waals surface area (Å²) in [6.07, 6.45) is 1.06. The lowest BCUT2D eigenvalue weighted by Crippen LogP contribution is -2.08. The largest absolute Gasteiger partial charge is 0.376 e. The fraction of sp³-hybridized carbons (Fsp3) is 0.200. The van der Waals surface area contributed by atoms with E-state index in [1.54, 1.807) is 0 Å². The van der Waals surface area contributed by atoms with Crippen LogP contribution in [0, 0.1) is 5.82 Å². The van der Waals surface area contributed by atoms with Crippen LogP contribution in [-0.4, -0.2) is 14.7 Å². The van der Waals surface area contributed by atoms with Gasteiger partial charge in [0.25, 0.3) is 0 Å². The summed E-state index contributed by atoms with van der Waals surface area (Å²) in [7, 11) is -3.39. The zero-order valence-corrected chi connectivity index (χ0v) is 12.1. The lowest BCUT2D eigenvalue weighted by Gasteiger charge is -2.16. The molecule has 1 unspecified atom stereocenters. The Hall–Kier alpha value is -1.88. The van der Waals surface area contributed by atoms with Crippen LogP contribution in [0.4, 0.5) is 10.1 Å². The van der Waals surface area contributed by atoms with Gasteiger partial charge in [0.15, 0.2) is 9.84 Å². The number of rotatable bonds is 4. The fourth-order valence-corrected chi connectivity index (χ4v) is 2.53. The average Bonchev–Trinajstić information content (AvgIpc) is 2.41. The second-order valence-corrected chi connectivity index (χ2v) is 6.71. The molecule has 0 aliphatic carbocycles. The van der Waals surface area contributed by atoms with E-state index in [2.05, 4.69) is 5.32 Å². The predicted molar refractivity (Wildman–Crippen MR) is 78.0 cm³/mol. The van der Waals surface area contributed by atoms with Crippen LogP contribution >= 0.6 is 0 Å². The maximum absolute atomic E-state index is 13.9. The van der Waals surface area contributed by atoms with Gasteiger partial charge in [-0.25, -0.2) is 12.8 Å². The third kappa shape index (κ3) is 3.36. The van der Waals surface area contributed by atoms with E-state index in [0.29, 0.717) is 0 Å². The van der Waals surface area contributed by atoms with Crippen molar-refractivity contribution in [3.05, 3.63) is 59.9 Å². The smallest absolute Gasteiger partial charge is 0.175 e. The van der Waals surface area contributed by atoms with Gasteiger partial charge in [0.2, 0.25) is 0 Å². The van der Waals surface area contributed by atoms with Gasteiger partial charge in [0, 0.05) is 12.3 Å². The SMILES string of the molecule is CC(Nc1ccc(S(C)(=O)=O)cc1F)c1ccccc1. The molecule has 2 rings (SSSR count). The molecule has 1 N–H and O–H groups in total. The van der Waals surface area contributed by atoms with Crippen molar-refractivity contribution in [3.8, 4) is 0 Å². The minimum absolute atomic E-state index is 0.0204. The van der Waals surface area contributed by atoms with Crippen LogP contribution in [0.15, 0.2) is 53.4 Å². The Morgan fingerprint density at radius 3 is 2.30 bits per heavy atom. The van der Waals surface area contributed by atoms with Gasteiger partial charge in [-0.2, -0.15) is 0 Å². The highest BCUT2D eigenvalue weighted by molar-refractivity contribution is 7.90. The van der Waals surface area contributed by atoms with Gasteiger partial charge in [-0.3, -0.25) is 0 Å². The maximum Gasteiger partial charge on any atom is 0.175 e. The highest BCUT2D eigenvalue weighted by Gasteiger charge is 2.13. The van der Waals surface area contributed by atoms with E-state index in [1.807, 2.05) is 37.3 Å². The van der Waals surface area contributed by atoms with Gasteiger partial charge in [0.1, 0.15) is 5.82 Å². The number of sulfone groups is 1. The first-order chi connectivity index (χ1) is 9.38. The molecule has 2 aromatic carbocycles. The van der Waals surface area contributed by atoms with Crippen LogP contribution in [0.2, 0.25) is 0 Å². The Morgan fingerprint density at radius 1 is 1.10 bits per heavy atom. The zero-order valence-electron chi connectivity index (χ0n) is 11.3. The zero-order chi connectivity index (χ0) is 14.8. The summed E-state index contributed by atoms with van der Waals surface area (Å²) < 4.78 is 36.6. The van der Waals surface area contributed by atoms with Crippen LogP contribution < -0.4 is 5.32 Å². The first kappa shape index (κ1) is 14.5. The highest BCUT2D eigenvalue weighted by atomic mass is 32.2. The molecule has 0 aliphatic rings. The number of hydrogen-bond acceptors (Lipinski definition) is 3. The third-order valence-electron chi connectivity index (χ3n) is 3.04. The molecule has 20 heavy (non-hydrogen) atoms. The van der Waals surface area contributed by atoms with Gasteiger partial charge in [-0.15, -0.1) is 0 Å². The Balaban J connectivity index is 2.23. The molecule has 0 aliphatic heterocycles. The summed E-state index contributed by atoms with van der Waals surface area (Å²) in [6.45, 7) is 1.92. The van der Waals surface area contributed by atoms with Crippen molar-refractivity contribution in [1.82, 2.24) is 0 Å². The van der Waals surface area contributed by atoms with Crippen molar-refractivity contribution in [3.63, 3.8) is 0 Å².